The number of rotatable bonds is 7. The summed E-state index contributed by atoms with van der Waals surface area (Å²) in [6.45, 7) is 0.971. The fraction of sp³-hybridized carbons (Fsp3) is 0.368. The Morgan fingerprint density at radius 2 is 1.97 bits per heavy atom. The monoisotopic (exact) mass is 521 g/mol. The number of ether oxygens (including phenoxy) is 1. The highest BCUT2D eigenvalue weighted by atomic mass is 35.6. The molecule has 3 rings (SSSR count). The molecular weight excluding hydrogens is 505 g/mol. The Morgan fingerprint density at radius 1 is 1.28 bits per heavy atom. The van der Waals surface area contributed by atoms with E-state index in [9.17, 15) is 24.3 Å². The molecular formula is C19H18Cl3N3O6S. The smallest absolute Gasteiger partial charge is 0.352 e. The number of alkyl halides is 3. The van der Waals surface area contributed by atoms with Crippen LogP contribution in [0.3, 0.4) is 0 Å². The molecule has 0 radical (unpaired) electrons. The van der Waals surface area contributed by atoms with Gasteiger partial charge in [0.05, 0.1) is 12.1 Å². The summed E-state index contributed by atoms with van der Waals surface area (Å²) in [5.41, 5.74) is 1.01. The highest BCUT2D eigenvalue weighted by Gasteiger charge is 2.53. The number of hydrogen-bond donors (Lipinski definition) is 3. The highest BCUT2D eigenvalue weighted by molar-refractivity contribution is 8.00. The van der Waals surface area contributed by atoms with Crippen LogP contribution in [0.4, 0.5) is 5.69 Å². The molecule has 32 heavy (non-hydrogen) atoms. The quantitative estimate of drug-likeness (QED) is 0.283. The third-order valence-electron chi connectivity index (χ3n) is 4.63. The summed E-state index contributed by atoms with van der Waals surface area (Å²) in [7, 11) is 0. The van der Waals surface area contributed by atoms with Gasteiger partial charge in [-0.2, -0.15) is 0 Å². The first-order chi connectivity index (χ1) is 15.0. The molecule has 0 aliphatic carbocycles. The van der Waals surface area contributed by atoms with E-state index in [2.05, 4.69) is 10.6 Å². The first kappa shape index (κ1) is 24.5. The average molecular weight is 523 g/mol. The van der Waals surface area contributed by atoms with Crippen molar-refractivity contribution in [3.63, 3.8) is 0 Å². The van der Waals surface area contributed by atoms with Crippen molar-refractivity contribution in [3.05, 3.63) is 41.1 Å². The van der Waals surface area contributed by atoms with E-state index in [0.717, 1.165) is 0 Å². The van der Waals surface area contributed by atoms with Crippen LogP contribution in [0.15, 0.2) is 35.5 Å². The van der Waals surface area contributed by atoms with Crippen molar-refractivity contribution < 1.29 is 29.0 Å². The molecule has 1 saturated heterocycles. The second-order valence-corrected chi connectivity index (χ2v) is 10.6. The zero-order chi connectivity index (χ0) is 23.6. The first-order valence-electron chi connectivity index (χ1n) is 9.23. The van der Waals surface area contributed by atoms with E-state index >= 15 is 0 Å². The molecule has 1 unspecified atom stereocenters. The average Bonchev–Trinajstić information content (AvgIpc) is 2.73. The number of anilines is 1. The second-order valence-electron chi connectivity index (χ2n) is 6.98. The molecule has 3 N–H and O–H groups in total. The van der Waals surface area contributed by atoms with E-state index in [1.807, 2.05) is 0 Å². The number of carbonyl (C=O) groups excluding carboxylic acids is 3. The maximum Gasteiger partial charge on any atom is 0.352 e. The molecule has 13 heteroatoms. The molecule has 0 saturated carbocycles. The van der Waals surface area contributed by atoms with Gasteiger partial charge in [-0.1, -0.05) is 46.9 Å². The zero-order valence-electron chi connectivity index (χ0n) is 16.6. The molecule has 172 valence electrons. The number of nitrogens with one attached hydrogen (secondary N) is 2. The number of fused-ring (bicyclic) bond motifs is 1. The van der Waals surface area contributed by atoms with Gasteiger partial charge < -0.3 is 20.5 Å². The number of aliphatic carboxylic acids is 1. The van der Waals surface area contributed by atoms with E-state index in [1.54, 1.807) is 25.1 Å². The molecule has 1 aromatic carbocycles. The van der Waals surface area contributed by atoms with E-state index in [4.69, 9.17) is 39.5 Å². The molecule has 1 fully saturated rings. The third kappa shape index (κ3) is 5.43. The molecule has 0 spiro atoms. The van der Waals surface area contributed by atoms with Crippen molar-refractivity contribution in [2.24, 2.45) is 0 Å². The van der Waals surface area contributed by atoms with Crippen LogP contribution >= 0.6 is 46.6 Å². The Balaban J connectivity index is 1.58. The lowest BCUT2D eigenvalue weighted by Crippen LogP contribution is -2.70. The number of hydrogen-bond acceptors (Lipinski definition) is 7. The number of carbonyl (C=O) groups is 4. The van der Waals surface area contributed by atoms with Crippen LogP contribution in [0.2, 0.25) is 0 Å². The van der Waals surface area contributed by atoms with Crippen LogP contribution in [-0.4, -0.2) is 67.9 Å². The van der Waals surface area contributed by atoms with Crippen molar-refractivity contribution in [2.75, 3.05) is 24.2 Å². The molecule has 2 heterocycles. The number of halogens is 3. The summed E-state index contributed by atoms with van der Waals surface area (Å²) < 4.78 is 3.20. The minimum atomic E-state index is -1.76. The molecule has 0 aromatic heterocycles. The second kappa shape index (κ2) is 9.78. The Labute approximate surface area is 202 Å². The van der Waals surface area contributed by atoms with Crippen LogP contribution in [0.1, 0.15) is 17.3 Å². The van der Waals surface area contributed by atoms with Gasteiger partial charge in [-0.25, -0.2) is 9.59 Å². The molecule has 9 nitrogen and oxygen atoms in total. The summed E-state index contributed by atoms with van der Waals surface area (Å²) in [4.78, 5) is 49.8. The van der Waals surface area contributed by atoms with Gasteiger partial charge in [0.15, 0.2) is 0 Å². The third-order valence-corrected chi connectivity index (χ3v) is 6.38. The number of thioether (sulfide) groups is 1. The SMILES string of the molecule is CC1=C(C(=O)O)N2C(=O)C(NC(=O)CNc3ccccc3C(=O)OCC(Cl)(Cl)Cl)[C@H]2SC1. The van der Waals surface area contributed by atoms with Crippen LogP contribution in [-0.2, 0) is 19.1 Å². The Kier molecular flexibility index (Phi) is 7.49. The normalized spacial score (nSPS) is 20.2. The predicted molar refractivity (Wildman–Crippen MR) is 121 cm³/mol. The van der Waals surface area contributed by atoms with Crippen molar-refractivity contribution in [1.29, 1.82) is 0 Å². The number of carboxylic acid groups (broad SMARTS) is 1. The number of carboxylic acids is 1. The van der Waals surface area contributed by atoms with Crippen molar-refractivity contribution in [1.82, 2.24) is 10.2 Å². The van der Waals surface area contributed by atoms with Gasteiger partial charge in [-0.3, -0.25) is 14.5 Å². The van der Waals surface area contributed by atoms with Gasteiger partial charge >= 0.3 is 11.9 Å². The maximum atomic E-state index is 12.4. The summed E-state index contributed by atoms with van der Waals surface area (Å²) in [6, 6.07) is 5.48. The summed E-state index contributed by atoms with van der Waals surface area (Å²) >= 11 is 18.1. The Bertz CT molecular complexity index is 997. The number of para-hydroxylation sites is 1. The molecule has 0 bridgehead atoms. The molecule has 1 aromatic rings. The topological polar surface area (TPSA) is 125 Å². The number of benzene rings is 1. The van der Waals surface area contributed by atoms with Crippen LogP contribution < -0.4 is 10.6 Å². The van der Waals surface area contributed by atoms with Gasteiger partial charge in [0.1, 0.15) is 23.7 Å². The number of nitrogens with zero attached hydrogens (tertiary/aromatic N) is 1. The number of amides is 2. The predicted octanol–water partition coefficient (Wildman–Crippen LogP) is 2.38. The van der Waals surface area contributed by atoms with E-state index < -0.39 is 45.6 Å². The van der Waals surface area contributed by atoms with Gasteiger partial charge in [-0.15, -0.1) is 11.8 Å². The summed E-state index contributed by atoms with van der Waals surface area (Å²) in [5.74, 6) is -2.46. The molecule has 2 amide bonds. The number of β-lactam (4-membered cyclic amide) rings is 1. The maximum absolute atomic E-state index is 12.4. The van der Waals surface area contributed by atoms with Crippen LogP contribution in [0.25, 0.3) is 0 Å². The summed E-state index contributed by atoms with van der Waals surface area (Å²) in [6.07, 6.45) is 0. The lowest BCUT2D eigenvalue weighted by molar-refractivity contribution is -0.150. The molecule has 2 aliphatic rings. The lowest BCUT2D eigenvalue weighted by Gasteiger charge is -2.49. The molecule has 2 atom stereocenters. The standard InChI is InChI=1S/C19H18Cl3N3O6S/c1-9-7-32-16-13(15(27)25(16)14(9)17(28)29)24-12(26)6-23-11-5-3-2-4-10(11)18(30)31-8-19(20,21)22/h2-5,13,16,23H,6-8H2,1H3,(H,24,26)(H,28,29)/t13?,16-/m1/s1. The van der Waals surface area contributed by atoms with Crippen molar-refractivity contribution >= 4 is 76.0 Å². The van der Waals surface area contributed by atoms with E-state index in [-0.39, 0.29) is 17.8 Å². The highest BCUT2D eigenvalue weighted by Crippen LogP contribution is 2.40. The summed E-state index contributed by atoms with van der Waals surface area (Å²) in [5, 5.41) is 14.3. The fourth-order valence-electron chi connectivity index (χ4n) is 3.22. The van der Waals surface area contributed by atoms with Crippen LogP contribution in [0, 0.1) is 0 Å². The van der Waals surface area contributed by atoms with E-state index in [1.165, 1.54) is 22.7 Å². The largest absolute Gasteiger partial charge is 0.477 e. The Morgan fingerprint density at radius 3 is 2.62 bits per heavy atom. The van der Waals surface area contributed by atoms with Crippen molar-refractivity contribution in [3.8, 4) is 0 Å². The van der Waals surface area contributed by atoms with Crippen LogP contribution in [0.5, 0.6) is 0 Å². The lowest BCUT2D eigenvalue weighted by atomic mass is 10.0. The van der Waals surface area contributed by atoms with Crippen molar-refractivity contribution in [2.45, 2.75) is 22.1 Å². The fourth-order valence-corrected chi connectivity index (χ4v) is 4.67. The van der Waals surface area contributed by atoms with Gasteiger partial charge in [0.2, 0.25) is 9.70 Å². The molecule has 2 aliphatic heterocycles. The first-order valence-corrected chi connectivity index (χ1v) is 11.4. The minimum absolute atomic E-state index is 0.0373. The minimum Gasteiger partial charge on any atom is -0.477 e. The van der Waals surface area contributed by atoms with E-state index in [0.29, 0.717) is 17.0 Å². The zero-order valence-corrected chi connectivity index (χ0v) is 19.6. The van der Waals surface area contributed by atoms with Gasteiger partial charge in [-0.05, 0) is 24.6 Å². The Hall–Kier alpha value is -2.14. The van der Waals surface area contributed by atoms with Gasteiger partial charge in [0.25, 0.3) is 5.91 Å². The number of esters is 1. The van der Waals surface area contributed by atoms with Gasteiger partial charge in [0, 0.05) is 11.4 Å².